The molecule has 28 heavy (non-hydrogen) atoms. The van der Waals surface area contributed by atoms with Crippen LogP contribution in [0.4, 0.5) is 20.3 Å². The SMILES string of the molecule is Fc1cc(NCc2ccccc2CN2CCC2)cc(F)c1SNc1ccon1. The number of aromatic nitrogens is 1. The Morgan fingerprint density at radius 2 is 1.82 bits per heavy atom. The van der Waals surface area contributed by atoms with Crippen LogP contribution in [0.3, 0.4) is 0 Å². The van der Waals surface area contributed by atoms with Gasteiger partial charge >= 0.3 is 0 Å². The summed E-state index contributed by atoms with van der Waals surface area (Å²) in [6.45, 7) is 3.66. The summed E-state index contributed by atoms with van der Waals surface area (Å²) in [7, 11) is 0. The minimum absolute atomic E-state index is 0.119. The second-order valence-corrected chi connectivity index (χ2v) is 7.43. The normalized spacial score (nSPS) is 13.9. The molecule has 0 bridgehead atoms. The van der Waals surface area contributed by atoms with Crippen molar-refractivity contribution in [3.8, 4) is 0 Å². The third kappa shape index (κ3) is 4.45. The maximum absolute atomic E-state index is 14.4. The van der Waals surface area contributed by atoms with Crippen LogP contribution in [0.5, 0.6) is 0 Å². The zero-order chi connectivity index (χ0) is 19.3. The summed E-state index contributed by atoms with van der Waals surface area (Å²) in [5.41, 5.74) is 2.76. The summed E-state index contributed by atoms with van der Waals surface area (Å²) in [4.78, 5) is 2.26. The summed E-state index contributed by atoms with van der Waals surface area (Å²) in [6, 6.07) is 12.3. The first-order chi connectivity index (χ1) is 13.7. The van der Waals surface area contributed by atoms with Gasteiger partial charge < -0.3 is 14.6 Å². The lowest BCUT2D eigenvalue weighted by atomic mass is 10.1. The van der Waals surface area contributed by atoms with Crippen LogP contribution >= 0.6 is 11.9 Å². The third-order valence-electron chi connectivity index (χ3n) is 4.64. The van der Waals surface area contributed by atoms with Gasteiger partial charge in [0, 0.05) is 24.8 Å². The highest BCUT2D eigenvalue weighted by Gasteiger charge is 2.16. The Balaban J connectivity index is 1.41. The van der Waals surface area contributed by atoms with Crippen molar-refractivity contribution in [1.29, 1.82) is 0 Å². The maximum atomic E-state index is 14.4. The summed E-state index contributed by atoms with van der Waals surface area (Å²) < 4.78 is 36.2. The van der Waals surface area contributed by atoms with Crippen LogP contribution in [0, 0.1) is 11.6 Å². The molecule has 1 aliphatic rings. The molecule has 1 aromatic heterocycles. The molecule has 1 fully saturated rings. The fourth-order valence-corrected chi connectivity index (χ4v) is 3.61. The van der Waals surface area contributed by atoms with E-state index in [9.17, 15) is 8.78 Å². The van der Waals surface area contributed by atoms with E-state index >= 15 is 0 Å². The van der Waals surface area contributed by atoms with E-state index < -0.39 is 11.6 Å². The van der Waals surface area contributed by atoms with Gasteiger partial charge in [-0.25, -0.2) is 8.78 Å². The van der Waals surface area contributed by atoms with Crippen LogP contribution in [0.15, 0.2) is 58.1 Å². The Labute approximate surface area is 166 Å². The first-order valence-electron chi connectivity index (χ1n) is 9.04. The van der Waals surface area contributed by atoms with E-state index in [-0.39, 0.29) is 4.90 Å². The molecule has 0 saturated carbocycles. The highest BCUT2D eigenvalue weighted by molar-refractivity contribution is 8.00. The molecule has 0 amide bonds. The van der Waals surface area contributed by atoms with E-state index in [1.807, 2.05) is 18.2 Å². The summed E-state index contributed by atoms with van der Waals surface area (Å²) in [5, 5.41) is 6.78. The average molecular weight is 402 g/mol. The third-order valence-corrected chi connectivity index (χ3v) is 5.54. The smallest absolute Gasteiger partial charge is 0.179 e. The van der Waals surface area contributed by atoms with Gasteiger partial charge in [-0.15, -0.1) is 0 Å². The molecule has 4 rings (SSSR count). The van der Waals surface area contributed by atoms with Crippen molar-refractivity contribution in [2.24, 2.45) is 0 Å². The predicted octanol–water partition coefficient (Wildman–Crippen LogP) is 4.89. The van der Waals surface area contributed by atoms with E-state index in [0.717, 1.165) is 37.1 Å². The number of rotatable bonds is 8. The molecule has 0 radical (unpaired) electrons. The van der Waals surface area contributed by atoms with Crippen LogP contribution in [0.25, 0.3) is 0 Å². The van der Waals surface area contributed by atoms with E-state index in [0.29, 0.717) is 18.1 Å². The number of benzene rings is 2. The largest absolute Gasteiger partial charge is 0.381 e. The fourth-order valence-electron chi connectivity index (χ4n) is 2.99. The van der Waals surface area contributed by atoms with Crippen LogP contribution < -0.4 is 10.0 Å². The van der Waals surface area contributed by atoms with Crippen LogP contribution in [-0.2, 0) is 13.1 Å². The standard InChI is InChI=1S/C20H20F2N4OS/c21-17-10-16(11-18(22)20(17)28-25-19-6-9-27-24-19)23-12-14-4-1-2-5-15(14)13-26-7-3-8-26/h1-2,4-6,9-11,23H,3,7-8,12-13H2,(H,24,25). The van der Waals surface area contributed by atoms with Crippen molar-refractivity contribution >= 4 is 23.5 Å². The molecule has 146 valence electrons. The first kappa shape index (κ1) is 18.8. The zero-order valence-corrected chi connectivity index (χ0v) is 15.9. The number of hydrogen-bond acceptors (Lipinski definition) is 6. The van der Waals surface area contributed by atoms with Crippen molar-refractivity contribution in [2.45, 2.75) is 24.4 Å². The van der Waals surface area contributed by atoms with Gasteiger partial charge in [-0.3, -0.25) is 4.90 Å². The number of anilines is 2. The number of nitrogens with zero attached hydrogens (tertiary/aromatic N) is 2. The van der Waals surface area contributed by atoms with Gasteiger partial charge in [0.25, 0.3) is 0 Å². The maximum Gasteiger partial charge on any atom is 0.179 e. The molecule has 0 aliphatic carbocycles. The molecule has 0 spiro atoms. The molecule has 5 nitrogen and oxygen atoms in total. The molecular weight excluding hydrogens is 382 g/mol. The molecular formula is C20H20F2N4OS. The van der Waals surface area contributed by atoms with Crippen molar-refractivity contribution in [1.82, 2.24) is 10.1 Å². The fraction of sp³-hybridized carbons (Fsp3) is 0.250. The van der Waals surface area contributed by atoms with E-state index in [4.69, 9.17) is 0 Å². The van der Waals surface area contributed by atoms with Gasteiger partial charge in [0.2, 0.25) is 0 Å². The summed E-state index contributed by atoms with van der Waals surface area (Å²) in [6.07, 6.45) is 2.62. The Kier molecular flexibility index (Phi) is 5.78. The van der Waals surface area contributed by atoms with Crippen LogP contribution in [-0.4, -0.2) is 23.1 Å². The minimum atomic E-state index is -0.641. The number of hydrogen-bond donors (Lipinski definition) is 2. The number of halogens is 2. The molecule has 8 heteroatoms. The van der Waals surface area contributed by atoms with E-state index in [1.54, 1.807) is 6.07 Å². The zero-order valence-electron chi connectivity index (χ0n) is 15.1. The topological polar surface area (TPSA) is 53.3 Å². The average Bonchev–Trinajstić information content (AvgIpc) is 3.16. The predicted molar refractivity (Wildman–Crippen MR) is 106 cm³/mol. The van der Waals surface area contributed by atoms with Crippen molar-refractivity contribution in [3.63, 3.8) is 0 Å². The minimum Gasteiger partial charge on any atom is -0.381 e. The second kappa shape index (κ2) is 8.62. The highest BCUT2D eigenvalue weighted by Crippen LogP contribution is 2.29. The van der Waals surface area contributed by atoms with Gasteiger partial charge in [0.05, 0.1) is 0 Å². The molecule has 2 heterocycles. The lowest BCUT2D eigenvalue weighted by Crippen LogP contribution is -2.36. The molecule has 1 aliphatic heterocycles. The van der Waals surface area contributed by atoms with Gasteiger partial charge in [-0.05, 0) is 54.7 Å². The Morgan fingerprint density at radius 3 is 2.46 bits per heavy atom. The van der Waals surface area contributed by atoms with Gasteiger partial charge in [0.15, 0.2) is 5.82 Å². The molecule has 1 saturated heterocycles. The number of nitrogens with one attached hydrogen (secondary N) is 2. The summed E-state index contributed by atoms with van der Waals surface area (Å²) in [5.74, 6) is -0.889. The molecule has 2 N–H and O–H groups in total. The lowest BCUT2D eigenvalue weighted by Gasteiger charge is -2.31. The quantitative estimate of drug-likeness (QED) is 0.523. The van der Waals surface area contributed by atoms with Crippen LogP contribution in [0.1, 0.15) is 17.5 Å². The van der Waals surface area contributed by atoms with Crippen molar-refractivity contribution in [2.75, 3.05) is 23.1 Å². The molecule has 0 atom stereocenters. The monoisotopic (exact) mass is 402 g/mol. The van der Waals surface area contributed by atoms with Crippen molar-refractivity contribution in [3.05, 3.63) is 71.5 Å². The molecule has 2 aromatic carbocycles. The molecule has 3 aromatic rings. The Bertz CT molecular complexity index is 909. The Morgan fingerprint density at radius 1 is 1.07 bits per heavy atom. The van der Waals surface area contributed by atoms with E-state index in [2.05, 4.69) is 30.7 Å². The number of likely N-dealkylation sites (tertiary alicyclic amines) is 1. The highest BCUT2D eigenvalue weighted by atomic mass is 32.2. The van der Waals surface area contributed by atoms with Crippen LogP contribution in [0.2, 0.25) is 0 Å². The van der Waals surface area contributed by atoms with Gasteiger partial charge in [0.1, 0.15) is 22.8 Å². The second-order valence-electron chi connectivity index (χ2n) is 6.61. The van der Waals surface area contributed by atoms with Crippen molar-refractivity contribution < 1.29 is 13.3 Å². The van der Waals surface area contributed by atoms with E-state index in [1.165, 1.54) is 30.4 Å². The first-order valence-corrected chi connectivity index (χ1v) is 9.86. The summed E-state index contributed by atoms with van der Waals surface area (Å²) >= 11 is 0.817. The van der Waals surface area contributed by atoms with Gasteiger partial charge in [-0.2, -0.15) is 0 Å². The lowest BCUT2D eigenvalue weighted by molar-refractivity contribution is 0.172. The molecule has 0 unspecified atom stereocenters. The van der Waals surface area contributed by atoms with Gasteiger partial charge in [-0.1, -0.05) is 29.4 Å². The Hall–Kier alpha value is -2.58.